The molecule has 0 saturated heterocycles. The van der Waals surface area contributed by atoms with Crippen LogP contribution in [0.5, 0.6) is 0 Å². The van der Waals surface area contributed by atoms with Gasteiger partial charge in [0.1, 0.15) is 0 Å². The van der Waals surface area contributed by atoms with Gasteiger partial charge in [0.2, 0.25) is 0 Å². The van der Waals surface area contributed by atoms with Crippen LogP contribution in [-0.4, -0.2) is 67.9 Å². The van der Waals surface area contributed by atoms with Crippen LogP contribution in [0.2, 0.25) is 0 Å². The van der Waals surface area contributed by atoms with Crippen LogP contribution in [-0.2, 0) is 22.4 Å². The second-order valence-corrected chi connectivity index (χ2v) is 40.5. The summed E-state index contributed by atoms with van der Waals surface area (Å²) < 4.78 is 0. The first kappa shape index (κ1) is 55.7. The molecule has 10 aliphatic rings. The van der Waals surface area contributed by atoms with E-state index in [1.165, 1.54) is 68.4 Å². The SMILES string of the molecule is C[C@@H](C1CCCC1[PH+](C1CCCCC1)C1CCCCC1)[PH+](C1CCCCC1)C1CCCCC1.C[C@H](C1CCCC1[PH+](C1CCCCC1)C1CCCCC1)[PH+](C1CCCCC1)C1CCCCC1.[Au]. The molecule has 4 unspecified atom stereocenters. The van der Waals surface area contributed by atoms with Crippen LogP contribution in [0.3, 0.4) is 0 Å². The van der Waals surface area contributed by atoms with Crippen molar-refractivity contribution in [3.8, 4) is 0 Å². The summed E-state index contributed by atoms with van der Waals surface area (Å²) in [7, 11) is -0.817. The fraction of sp³-hybridized carbons (Fsp3) is 1.00. The van der Waals surface area contributed by atoms with Gasteiger partial charge >= 0.3 is 0 Å². The van der Waals surface area contributed by atoms with Gasteiger partial charge in [0, 0.05) is 65.9 Å². The number of rotatable bonds is 14. The molecular formula is C62H116AuP4+4. The summed E-state index contributed by atoms with van der Waals surface area (Å²) in [6, 6.07) is 0. The van der Waals surface area contributed by atoms with E-state index in [1.54, 1.807) is 295 Å². The molecule has 5 heteroatoms. The molecular weight excluding hydrogens is 1070 g/mol. The van der Waals surface area contributed by atoms with E-state index in [4.69, 9.17) is 0 Å². The molecule has 0 aromatic rings. The molecule has 0 spiro atoms. The monoisotopic (exact) mass is 1180 g/mol. The molecule has 0 aromatic heterocycles. The van der Waals surface area contributed by atoms with Crippen molar-refractivity contribution in [1.29, 1.82) is 0 Å². The van der Waals surface area contributed by atoms with Crippen LogP contribution >= 0.6 is 31.7 Å². The molecule has 10 aliphatic carbocycles. The molecule has 67 heavy (non-hydrogen) atoms. The van der Waals surface area contributed by atoms with Gasteiger partial charge in [-0.25, -0.2) is 0 Å². The van der Waals surface area contributed by atoms with Crippen LogP contribution in [0.1, 0.15) is 309 Å². The summed E-state index contributed by atoms with van der Waals surface area (Å²) in [5.41, 5.74) is 14.4. The van der Waals surface area contributed by atoms with Gasteiger partial charge < -0.3 is 0 Å². The predicted octanol–water partition coefficient (Wildman–Crippen LogP) is 20.6. The zero-order valence-corrected chi connectivity index (χ0v) is 51.1. The third kappa shape index (κ3) is 14.9. The minimum Gasteiger partial charge on any atom is -0.0530 e. The van der Waals surface area contributed by atoms with Gasteiger partial charge in [-0.1, -0.05) is 51.4 Å². The third-order valence-electron chi connectivity index (χ3n) is 22.9. The first-order valence-electron chi connectivity index (χ1n) is 32.1. The van der Waals surface area contributed by atoms with Crippen LogP contribution < -0.4 is 0 Å². The fourth-order valence-corrected chi connectivity index (χ4v) is 41.8. The quantitative estimate of drug-likeness (QED) is 0.120. The fourth-order valence-electron chi connectivity index (χ4n) is 20.0. The topological polar surface area (TPSA) is 0 Å². The molecule has 1 radical (unpaired) electrons. The molecule has 391 valence electrons. The smallest absolute Gasteiger partial charge is 0.0530 e. The van der Waals surface area contributed by atoms with Gasteiger partial charge in [-0.3, -0.25) is 0 Å². The number of hydrogen-bond donors (Lipinski definition) is 0. The Morgan fingerprint density at radius 2 is 0.418 bits per heavy atom. The van der Waals surface area contributed by atoms with E-state index in [0.29, 0.717) is 0 Å². The Bertz CT molecular complexity index is 1140. The molecule has 10 fully saturated rings. The molecule has 10 saturated carbocycles. The van der Waals surface area contributed by atoms with Crippen molar-refractivity contribution in [2.75, 3.05) is 0 Å². The average Bonchev–Trinajstić information content (AvgIpc) is 4.08. The Morgan fingerprint density at radius 1 is 0.224 bits per heavy atom. The normalized spacial score (nSPS) is 32.7. The first-order chi connectivity index (χ1) is 32.7. The molecule has 0 heterocycles. The number of hydrogen-bond acceptors (Lipinski definition) is 0. The molecule has 0 amide bonds. The van der Waals surface area contributed by atoms with E-state index in [2.05, 4.69) is 13.8 Å². The van der Waals surface area contributed by atoms with E-state index in [1.807, 2.05) is 0 Å². The van der Waals surface area contributed by atoms with Crippen LogP contribution in [0, 0.1) is 11.8 Å². The van der Waals surface area contributed by atoms with Gasteiger partial charge in [0.05, 0.1) is 67.9 Å². The van der Waals surface area contributed by atoms with Gasteiger partial charge in [-0.2, -0.15) is 0 Å². The van der Waals surface area contributed by atoms with Crippen LogP contribution in [0.25, 0.3) is 0 Å². The first-order valence-corrected chi connectivity index (χ1v) is 39.0. The maximum atomic E-state index is 2.88. The second-order valence-electron chi connectivity index (χ2n) is 26.7. The largest absolute Gasteiger partial charge is 0.0746 e. The Balaban J connectivity index is 0.000000179. The van der Waals surface area contributed by atoms with Crippen LogP contribution in [0.4, 0.5) is 0 Å². The summed E-state index contributed by atoms with van der Waals surface area (Å²) in [6.07, 6.45) is 73.7. The standard InChI is InChI=1S/2C31H56P2.Au/c2*1-25(32(26-15-6-2-7-16-26)27-17-8-3-9-18-27)30-23-14-24-31(30)33(28-19-10-4-11-20-28)29-21-12-5-13-22-29;/h2*25-31H,2-24H2,1H3;/p+4/t2*25-,30?,31?;/m10./s1. The molecule has 0 bridgehead atoms. The van der Waals surface area contributed by atoms with E-state index in [9.17, 15) is 0 Å². The molecule has 10 rings (SSSR count). The van der Waals surface area contributed by atoms with Crippen molar-refractivity contribution < 1.29 is 22.4 Å². The van der Waals surface area contributed by atoms with E-state index < -0.39 is 0 Å². The van der Waals surface area contributed by atoms with Gasteiger partial charge in [0.15, 0.2) is 0 Å². The average molecular weight is 1180 g/mol. The second kappa shape index (κ2) is 29.7. The third-order valence-corrected chi connectivity index (χ3v) is 41.2. The van der Waals surface area contributed by atoms with Crippen molar-refractivity contribution in [2.45, 2.75) is 377 Å². The minimum absolute atomic E-state index is 0. The van der Waals surface area contributed by atoms with E-state index in [0.717, 1.165) is 11.3 Å². The Hall–Kier alpha value is 2.46. The molecule has 0 aromatic carbocycles. The van der Waals surface area contributed by atoms with Crippen molar-refractivity contribution in [3.63, 3.8) is 0 Å². The molecule has 0 aliphatic heterocycles. The zero-order valence-electron chi connectivity index (χ0n) is 44.9. The van der Waals surface area contributed by atoms with Gasteiger partial charge in [-0.05, 0) is 258 Å². The summed E-state index contributed by atoms with van der Waals surface area (Å²) in [4.78, 5) is 0. The van der Waals surface area contributed by atoms with Gasteiger partial charge in [0.25, 0.3) is 0 Å². The summed E-state index contributed by atoms with van der Waals surface area (Å²) in [5.74, 6) is 2.33. The predicted molar refractivity (Wildman–Crippen MR) is 309 cm³/mol. The van der Waals surface area contributed by atoms with Gasteiger partial charge in [-0.15, -0.1) is 0 Å². The summed E-state index contributed by atoms with van der Waals surface area (Å²) >= 11 is 0. The maximum Gasteiger partial charge on any atom is 0.0746 e. The molecule has 0 N–H and O–H groups in total. The van der Waals surface area contributed by atoms with Crippen molar-refractivity contribution >= 4 is 31.7 Å². The minimum atomic E-state index is -0.216. The molecule has 6 atom stereocenters. The van der Waals surface area contributed by atoms with E-state index in [-0.39, 0.29) is 54.1 Å². The van der Waals surface area contributed by atoms with Crippen molar-refractivity contribution in [2.24, 2.45) is 11.8 Å². The zero-order chi connectivity index (χ0) is 44.9. The Morgan fingerprint density at radius 3 is 0.627 bits per heavy atom. The summed E-state index contributed by atoms with van der Waals surface area (Å²) in [6.45, 7) is 5.75. The van der Waals surface area contributed by atoms with Crippen molar-refractivity contribution in [1.82, 2.24) is 0 Å². The summed E-state index contributed by atoms with van der Waals surface area (Å²) in [5, 5.41) is 0. The van der Waals surface area contributed by atoms with Crippen LogP contribution in [0.15, 0.2) is 0 Å². The van der Waals surface area contributed by atoms with Crippen molar-refractivity contribution in [3.05, 3.63) is 0 Å². The molecule has 0 nitrogen and oxygen atoms in total. The Labute approximate surface area is 440 Å². The maximum absolute atomic E-state index is 2.88. The Kier molecular flexibility index (Phi) is 24.7. The van der Waals surface area contributed by atoms with E-state index >= 15 is 0 Å².